The molecule has 1 fully saturated rings. The van der Waals surface area contributed by atoms with Crippen LogP contribution in [0.1, 0.15) is 25.8 Å². The molecule has 1 amide bonds. The smallest absolute Gasteiger partial charge is 0.333 e. The van der Waals surface area contributed by atoms with E-state index < -0.39 is 6.55 Å². The number of hydrogen-bond donors (Lipinski definition) is 2. The summed E-state index contributed by atoms with van der Waals surface area (Å²) in [6, 6.07) is 3.42. The zero-order valence-electron chi connectivity index (χ0n) is 15.6. The molecule has 7 nitrogen and oxygen atoms in total. The number of amides is 1. The minimum absolute atomic E-state index is 0.00177. The van der Waals surface area contributed by atoms with Gasteiger partial charge in [0.2, 0.25) is 5.91 Å². The van der Waals surface area contributed by atoms with Gasteiger partial charge in [0.15, 0.2) is 0 Å². The van der Waals surface area contributed by atoms with E-state index in [1.807, 2.05) is 6.07 Å². The molecule has 0 saturated carbocycles. The van der Waals surface area contributed by atoms with Crippen molar-refractivity contribution in [2.45, 2.75) is 31.9 Å². The molecule has 1 saturated heterocycles. The SMILES string of the molecule is C#CCC(=O)N1CCC[C@@H](Nc2c(-c3ccn(C(F)F)n3)cnc3[nH]ccc23)C1. The lowest BCUT2D eigenvalue weighted by molar-refractivity contribution is -0.131. The average molecular weight is 398 g/mol. The first kappa shape index (κ1) is 18.9. The number of hydrogen-bond acceptors (Lipinski definition) is 4. The van der Waals surface area contributed by atoms with Crippen molar-refractivity contribution in [2.24, 2.45) is 0 Å². The molecule has 4 heterocycles. The van der Waals surface area contributed by atoms with Gasteiger partial charge in [-0.2, -0.15) is 13.9 Å². The average Bonchev–Trinajstić information content (AvgIpc) is 3.38. The number of aromatic amines is 1. The lowest BCUT2D eigenvalue weighted by Crippen LogP contribution is -2.45. The van der Waals surface area contributed by atoms with E-state index in [1.165, 1.54) is 12.3 Å². The highest BCUT2D eigenvalue weighted by atomic mass is 19.3. The third kappa shape index (κ3) is 3.78. The van der Waals surface area contributed by atoms with Gasteiger partial charge in [0, 0.05) is 48.7 Å². The number of alkyl halides is 2. The van der Waals surface area contributed by atoms with Gasteiger partial charge in [-0.05, 0) is 25.0 Å². The van der Waals surface area contributed by atoms with Crippen molar-refractivity contribution in [1.82, 2.24) is 24.6 Å². The molecule has 0 bridgehead atoms. The Kier molecular flexibility index (Phi) is 5.16. The van der Waals surface area contributed by atoms with E-state index in [0.29, 0.717) is 34.7 Å². The molecule has 2 N–H and O–H groups in total. The Balaban J connectivity index is 1.66. The van der Waals surface area contributed by atoms with Crippen molar-refractivity contribution in [3.8, 4) is 23.6 Å². The van der Waals surface area contributed by atoms with Crippen molar-refractivity contribution < 1.29 is 13.6 Å². The summed E-state index contributed by atoms with van der Waals surface area (Å²) in [7, 11) is 0. The summed E-state index contributed by atoms with van der Waals surface area (Å²) in [4.78, 5) is 21.4. The minimum atomic E-state index is -2.71. The number of fused-ring (bicyclic) bond motifs is 1. The second-order valence-corrected chi connectivity index (χ2v) is 6.95. The number of terminal acetylenes is 1. The summed E-state index contributed by atoms with van der Waals surface area (Å²) >= 11 is 0. The number of carbonyl (C=O) groups is 1. The Labute approximate surface area is 166 Å². The Morgan fingerprint density at radius 1 is 1.45 bits per heavy atom. The summed E-state index contributed by atoms with van der Waals surface area (Å²) in [5, 5.41) is 8.32. The zero-order chi connectivity index (χ0) is 20.4. The highest BCUT2D eigenvalue weighted by Crippen LogP contribution is 2.34. The van der Waals surface area contributed by atoms with Crippen LogP contribution in [0.3, 0.4) is 0 Å². The topological polar surface area (TPSA) is 78.8 Å². The molecule has 3 aromatic heterocycles. The molecule has 1 aliphatic heterocycles. The summed E-state index contributed by atoms with van der Waals surface area (Å²) in [6.07, 6.45) is 11.7. The van der Waals surface area contributed by atoms with Crippen molar-refractivity contribution in [3.05, 3.63) is 30.7 Å². The third-order valence-corrected chi connectivity index (χ3v) is 5.05. The van der Waals surface area contributed by atoms with Crippen molar-refractivity contribution in [1.29, 1.82) is 0 Å². The summed E-state index contributed by atoms with van der Waals surface area (Å²) in [5.41, 5.74) is 2.47. The fourth-order valence-electron chi connectivity index (χ4n) is 3.67. The van der Waals surface area contributed by atoms with E-state index in [1.54, 1.807) is 17.3 Å². The Bertz CT molecular complexity index is 1070. The molecule has 0 aliphatic carbocycles. The number of likely N-dealkylation sites (tertiary alicyclic amines) is 1. The van der Waals surface area contributed by atoms with E-state index in [0.717, 1.165) is 23.9 Å². The van der Waals surface area contributed by atoms with E-state index in [4.69, 9.17) is 6.42 Å². The summed E-state index contributed by atoms with van der Waals surface area (Å²) in [6.45, 7) is -1.50. The van der Waals surface area contributed by atoms with E-state index in [9.17, 15) is 13.6 Å². The number of nitrogens with one attached hydrogen (secondary N) is 2. The first-order chi connectivity index (χ1) is 14.1. The summed E-state index contributed by atoms with van der Waals surface area (Å²) in [5.74, 6) is 2.34. The van der Waals surface area contributed by atoms with Gasteiger partial charge in [-0.15, -0.1) is 6.42 Å². The Morgan fingerprint density at radius 3 is 3.07 bits per heavy atom. The molecule has 4 rings (SSSR count). The van der Waals surface area contributed by atoms with Crippen LogP contribution < -0.4 is 5.32 Å². The van der Waals surface area contributed by atoms with Gasteiger partial charge in [0.1, 0.15) is 5.65 Å². The molecule has 29 heavy (non-hydrogen) atoms. The monoisotopic (exact) mass is 398 g/mol. The first-order valence-corrected chi connectivity index (χ1v) is 9.34. The molecule has 9 heteroatoms. The van der Waals surface area contributed by atoms with Crippen LogP contribution in [0.2, 0.25) is 0 Å². The van der Waals surface area contributed by atoms with Crippen LogP contribution in [-0.2, 0) is 4.79 Å². The number of carbonyl (C=O) groups excluding carboxylic acids is 1. The minimum Gasteiger partial charge on any atom is -0.379 e. The quantitative estimate of drug-likeness (QED) is 0.647. The number of pyridine rings is 1. The summed E-state index contributed by atoms with van der Waals surface area (Å²) < 4.78 is 26.5. The maximum absolute atomic E-state index is 13.0. The van der Waals surface area contributed by atoms with Crippen LogP contribution in [0.25, 0.3) is 22.3 Å². The van der Waals surface area contributed by atoms with Crippen molar-refractivity contribution in [3.63, 3.8) is 0 Å². The fourth-order valence-corrected chi connectivity index (χ4v) is 3.67. The lowest BCUT2D eigenvalue weighted by Gasteiger charge is -2.34. The molecule has 3 aromatic rings. The van der Waals surface area contributed by atoms with E-state index in [2.05, 4.69) is 26.3 Å². The Hall–Kier alpha value is -3.41. The van der Waals surface area contributed by atoms with Gasteiger partial charge in [-0.1, -0.05) is 5.92 Å². The second kappa shape index (κ2) is 7.91. The van der Waals surface area contributed by atoms with Crippen LogP contribution >= 0.6 is 0 Å². The molecule has 0 unspecified atom stereocenters. The first-order valence-electron chi connectivity index (χ1n) is 9.34. The van der Waals surface area contributed by atoms with Crippen molar-refractivity contribution in [2.75, 3.05) is 18.4 Å². The molecular weight excluding hydrogens is 378 g/mol. The van der Waals surface area contributed by atoms with Crippen LogP contribution in [-0.4, -0.2) is 49.7 Å². The molecular formula is C20H20F2N6O. The lowest BCUT2D eigenvalue weighted by atomic mass is 10.0. The number of aromatic nitrogens is 4. The molecule has 150 valence electrons. The number of H-pyrrole nitrogens is 1. The maximum atomic E-state index is 13.0. The zero-order valence-corrected chi connectivity index (χ0v) is 15.6. The van der Waals surface area contributed by atoms with Gasteiger partial charge in [0.25, 0.3) is 0 Å². The number of anilines is 1. The van der Waals surface area contributed by atoms with E-state index >= 15 is 0 Å². The largest absolute Gasteiger partial charge is 0.379 e. The highest BCUT2D eigenvalue weighted by molar-refractivity contribution is 5.97. The molecule has 0 aromatic carbocycles. The van der Waals surface area contributed by atoms with Crippen LogP contribution in [0.4, 0.5) is 14.5 Å². The number of halogens is 2. The number of nitrogens with zero attached hydrogens (tertiary/aromatic N) is 4. The van der Waals surface area contributed by atoms with Crippen LogP contribution in [0.5, 0.6) is 0 Å². The highest BCUT2D eigenvalue weighted by Gasteiger charge is 2.25. The number of piperidine rings is 1. The van der Waals surface area contributed by atoms with Gasteiger partial charge in [0.05, 0.1) is 17.8 Å². The van der Waals surface area contributed by atoms with Gasteiger partial charge < -0.3 is 15.2 Å². The van der Waals surface area contributed by atoms with Crippen molar-refractivity contribution >= 4 is 22.6 Å². The van der Waals surface area contributed by atoms with Gasteiger partial charge >= 0.3 is 6.55 Å². The molecule has 1 atom stereocenters. The number of rotatable bonds is 5. The van der Waals surface area contributed by atoms with Gasteiger partial charge in [-0.25, -0.2) is 9.67 Å². The predicted molar refractivity (Wildman–Crippen MR) is 105 cm³/mol. The predicted octanol–water partition coefficient (Wildman–Crippen LogP) is 3.25. The molecule has 0 radical (unpaired) electrons. The molecule has 1 aliphatic rings. The van der Waals surface area contributed by atoms with Crippen LogP contribution in [0, 0.1) is 12.3 Å². The van der Waals surface area contributed by atoms with E-state index in [-0.39, 0.29) is 18.4 Å². The Morgan fingerprint density at radius 2 is 2.31 bits per heavy atom. The fraction of sp³-hybridized carbons (Fsp3) is 0.350. The normalized spacial score (nSPS) is 16.9. The molecule has 0 spiro atoms. The third-order valence-electron chi connectivity index (χ3n) is 5.05. The second-order valence-electron chi connectivity index (χ2n) is 6.95. The standard InChI is InChI=1S/C20H20F2N6O/c1-2-4-17(29)27-9-3-5-13(12-27)25-18-14-6-8-23-19(14)24-11-15(18)16-7-10-28(26-16)20(21)22/h1,6-8,10-11,13,20H,3-5,9,12H2,(H2,23,24,25)/t13-/m1/s1. The van der Waals surface area contributed by atoms with Gasteiger partial charge in [-0.3, -0.25) is 4.79 Å². The maximum Gasteiger partial charge on any atom is 0.333 e. The van der Waals surface area contributed by atoms with Crippen LogP contribution in [0.15, 0.2) is 30.7 Å².